The van der Waals surface area contributed by atoms with Gasteiger partial charge in [0, 0.05) is 42.9 Å². The first-order valence-corrected chi connectivity index (χ1v) is 10.4. The molecule has 1 heterocycles. The van der Waals surface area contributed by atoms with Crippen molar-refractivity contribution in [2.75, 3.05) is 31.1 Å². The second kappa shape index (κ2) is 9.94. The lowest BCUT2D eigenvalue weighted by atomic mass is 10.0. The summed E-state index contributed by atoms with van der Waals surface area (Å²) in [4.78, 5) is 15.9. The molecule has 3 rings (SSSR count). The van der Waals surface area contributed by atoms with Crippen LogP contribution >= 0.6 is 11.6 Å². The molecule has 0 spiro atoms. The van der Waals surface area contributed by atoms with Crippen molar-refractivity contribution < 1.29 is 9.90 Å². The molecule has 0 bridgehead atoms. The lowest BCUT2D eigenvalue weighted by Crippen LogP contribution is -2.46. The van der Waals surface area contributed by atoms with Gasteiger partial charge in [-0.25, -0.2) is 0 Å². The van der Waals surface area contributed by atoms with Gasteiger partial charge in [-0.15, -0.1) is 0 Å². The van der Waals surface area contributed by atoms with Crippen LogP contribution in [0.4, 0.5) is 5.69 Å². The second-order valence-corrected chi connectivity index (χ2v) is 8.05. The van der Waals surface area contributed by atoms with Crippen molar-refractivity contribution in [3.63, 3.8) is 0 Å². The Morgan fingerprint density at radius 2 is 1.86 bits per heavy atom. The van der Waals surface area contributed by atoms with Gasteiger partial charge in [0.15, 0.2) is 0 Å². The summed E-state index contributed by atoms with van der Waals surface area (Å²) in [5.41, 5.74) is 3.75. The maximum atomic E-state index is 11.1. The first-order chi connectivity index (χ1) is 13.5. The fourth-order valence-electron chi connectivity index (χ4n) is 3.93. The fourth-order valence-corrected chi connectivity index (χ4v) is 4.14. The molecule has 1 N–H and O–H groups in total. The van der Waals surface area contributed by atoms with Crippen LogP contribution in [0.5, 0.6) is 0 Å². The van der Waals surface area contributed by atoms with Crippen molar-refractivity contribution in [1.82, 2.24) is 4.90 Å². The minimum Gasteiger partial charge on any atom is -0.481 e. The quantitative estimate of drug-likeness (QED) is 0.701. The van der Waals surface area contributed by atoms with Crippen LogP contribution in [0.1, 0.15) is 30.4 Å². The van der Waals surface area contributed by atoms with Gasteiger partial charge < -0.3 is 10.0 Å². The van der Waals surface area contributed by atoms with Gasteiger partial charge in [0.25, 0.3) is 0 Å². The highest BCUT2D eigenvalue weighted by molar-refractivity contribution is 6.30. The third-order valence-electron chi connectivity index (χ3n) is 5.57. The lowest BCUT2D eigenvalue weighted by molar-refractivity contribution is -0.137. The molecular formula is C23H29ClN2O2. The number of carboxylic acid groups (broad SMARTS) is 1. The lowest BCUT2D eigenvalue weighted by Gasteiger charge is -2.39. The van der Waals surface area contributed by atoms with E-state index >= 15 is 0 Å². The average molecular weight is 401 g/mol. The Hall–Kier alpha value is -2.04. The molecule has 28 heavy (non-hydrogen) atoms. The number of carbonyl (C=O) groups is 1. The van der Waals surface area contributed by atoms with Crippen LogP contribution in [0.2, 0.25) is 5.02 Å². The molecule has 0 amide bonds. The molecule has 0 atom stereocenters. The molecule has 0 radical (unpaired) electrons. The van der Waals surface area contributed by atoms with Crippen molar-refractivity contribution in [2.45, 2.75) is 38.6 Å². The van der Waals surface area contributed by atoms with Gasteiger partial charge in [-0.05, 0) is 56.0 Å². The number of halogens is 1. The van der Waals surface area contributed by atoms with E-state index in [2.05, 4.69) is 47.1 Å². The molecule has 0 aromatic heterocycles. The second-order valence-electron chi connectivity index (χ2n) is 7.61. The first kappa shape index (κ1) is 20.7. The van der Waals surface area contributed by atoms with E-state index in [-0.39, 0.29) is 6.42 Å². The van der Waals surface area contributed by atoms with Gasteiger partial charge in [-0.3, -0.25) is 9.69 Å². The van der Waals surface area contributed by atoms with Crippen LogP contribution in [-0.2, 0) is 11.2 Å². The summed E-state index contributed by atoms with van der Waals surface area (Å²) < 4.78 is 0. The Morgan fingerprint density at radius 3 is 2.50 bits per heavy atom. The Bertz CT molecular complexity index is 770. The standard InChI is InChI=1S/C23H29ClN2O2/c1-18-5-7-21(8-6-18)26-14-10-22(11-15-26)25(16-12-23(27)28)13-9-19-3-2-4-20(24)17-19/h2-8,17,22H,9-16H2,1H3,(H,27,28). The van der Waals surface area contributed by atoms with Gasteiger partial charge in [0.05, 0.1) is 6.42 Å². The van der Waals surface area contributed by atoms with E-state index in [4.69, 9.17) is 16.7 Å². The number of aryl methyl sites for hydroxylation is 1. The Morgan fingerprint density at radius 1 is 1.14 bits per heavy atom. The zero-order valence-corrected chi connectivity index (χ0v) is 17.2. The summed E-state index contributed by atoms with van der Waals surface area (Å²) in [6, 6.07) is 17.1. The molecular weight excluding hydrogens is 372 g/mol. The summed E-state index contributed by atoms with van der Waals surface area (Å²) in [7, 11) is 0. The number of benzene rings is 2. The molecule has 0 unspecified atom stereocenters. The van der Waals surface area contributed by atoms with Gasteiger partial charge in [-0.2, -0.15) is 0 Å². The molecule has 0 saturated carbocycles. The summed E-state index contributed by atoms with van der Waals surface area (Å²) in [6.45, 7) is 5.59. The maximum Gasteiger partial charge on any atom is 0.304 e. The van der Waals surface area contributed by atoms with Crippen LogP contribution < -0.4 is 4.90 Å². The summed E-state index contributed by atoms with van der Waals surface area (Å²) in [5.74, 6) is -0.732. The fraction of sp³-hybridized carbons (Fsp3) is 0.435. The number of carboxylic acids is 1. The smallest absolute Gasteiger partial charge is 0.304 e. The van der Waals surface area contributed by atoms with E-state index in [1.54, 1.807) is 0 Å². The Balaban J connectivity index is 1.58. The topological polar surface area (TPSA) is 43.8 Å². The van der Waals surface area contributed by atoms with E-state index in [0.717, 1.165) is 43.9 Å². The minimum atomic E-state index is -0.732. The number of anilines is 1. The Labute approximate surface area is 172 Å². The van der Waals surface area contributed by atoms with Gasteiger partial charge in [0.1, 0.15) is 0 Å². The molecule has 4 nitrogen and oxygen atoms in total. The summed E-state index contributed by atoms with van der Waals surface area (Å²) >= 11 is 6.10. The molecule has 1 saturated heterocycles. The Kier molecular flexibility index (Phi) is 7.35. The summed E-state index contributed by atoms with van der Waals surface area (Å²) in [5, 5.41) is 9.89. The predicted molar refractivity (Wildman–Crippen MR) is 115 cm³/mol. The number of piperidine rings is 1. The SMILES string of the molecule is Cc1ccc(N2CCC(N(CCC(=O)O)CCc3cccc(Cl)c3)CC2)cc1. The largest absolute Gasteiger partial charge is 0.481 e. The van der Waals surface area contributed by atoms with Crippen molar-refractivity contribution in [3.05, 3.63) is 64.7 Å². The van der Waals surface area contributed by atoms with Crippen LogP contribution in [0.3, 0.4) is 0 Å². The van der Waals surface area contributed by atoms with E-state index in [1.807, 2.05) is 18.2 Å². The molecule has 2 aromatic rings. The van der Waals surface area contributed by atoms with Gasteiger partial charge in [0.2, 0.25) is 0 Å². The van der Waals surface area contributed by atoms with Crippen LogP contribution in [0.25, 0.3) is 0 Å². The molecule has 1 aliphatic rings. The number of hydrogen-bond donors (Lipinski definition) is 1. The molecule has 1 fully saturated rings. The molecule has 150 valence electrons. The molecule has 1 aliphatic heterocycles. The van der Waals surface area contributed by atoms with E-state index in [0.29, 0.717) is 12.6 Å². The molecule has 2 aromatic carbocycles. The van der Waals surface area contributed by atoms with Crippen molar-refractivity contribution >= 4 is 23.3 Å². The van der Waals surface area contributed by atoms with Crippen LogP contribution in [0, 0.1) is 6.92 Å². The van der Waals surface area contributed by atoms with Crippen molar-refractivity contribution in [3.8, 4) is 0 Å². The van der Waals surface area contributed by atoms with E-state index < -0.39 is 5.97 Å². The zero-order chi connectivity index (χ0) is 19.9. The monoisotopic (exact) mass is 400 g/mol. The van der Waals surface area contributed by atoms with Crippen LogP contribution in [0.15, 0.2) is 48.5 Å². The van der Waals surface area contributed by atoms with Gasteiger partial charge in [-0.1, -0.05) is 41.4 Å². The average Bonchev–Trinajstić information content (AvgIpc) is 2.69. The van der Waals surface area contributed by atoms with Gasteiger partial charge >= 0.3 is 5.97 Å². The highest BCUT2D eigenvalue weighted by Crippen LogP contribution is 2.23. The highest BCUT2D eigenvalue weighted by Gasteiger charge is 2.25. The van der Waals surface area contributed by atoms with Crippen molar-refractivity contribution in [1.29, 1.82) is 0 Å². The van der Waals surface area contributed by atoms with Crippen LogP contribution in [-0.4, -0.2) is 48.2 Å². The minimum absolute atomic E-state index is 0.188. The maximum absolute atomic E-state index is 11.1. The summed E-state index contributed by atoms with van der Waals surface area (Å²) in [6.07, 6.45) is 3.19. The molecule has 0 aliphatic carbocycles. The number of rotatable bonds is 8. The first-order valence-electron chi connectivity index (χ1n) is 10.0. The van der Waals surface area contributed by atoms with E-state index in [9.17, 15) is 4.79 Å². The normalized spacial score (nSPS) is 15.2. The number of nitrogens with zero attached hydrogens (tertiary/aromatic N) is 2. The highest BCUT2D eigenvalue weighted by atomic mass is 35.5. The third kappa shape index (κ3) is 5.98. The van der Waals surface area contributed by atoms with Crippen molar-refractivity contribution in [2.24, 2.45) is 0 Å². The predicted octanol–water partition coefficient (Wildman–Crippen LogP) is 4.64. The number of hydrogen-bond acceptors (Lipinski definition) is 3. The number of aliphatic carboxylic acids is 1. The third-order valence-corrected chi connectivity index (χ3v) is 5.80. The zero-order valence-electron chi connectivity index (χ0n) is 16.5. The van der Waals surface area contributed by atoms with E-state index in [1.165, 1.54) is 16.8 Å². The molecule has 5 heteroatoms.